The first-order chi connectivity index (χ1) is 9.18. The first-order valence-electron chi connectivity index (χ1n) is 6.37. The van der Waals surface area contributed by atoms with Crippen molar-refractivity contribution >= 4 is 44.1 Å². The third-order valence-electron chi connectivity index (χ3n) is 3.59. The van der Waals surface area contributed by atoms with Crippen molar-refractivity contribution in [1.82, 2.24) is 10.3 Å². The van der Waals surface area contributed by atoms with E-state index in [1.165, 1.54) is 5.69 Å². The molecule has 1 aliphatic rings. The highest BCUT2D eigenvalue weighted by Gasteiger charge is 2.18. The van der Waals surface area contributed by atoms with E-state index < -0.39 is 0 Å². The zero-order chi connectivity index (χ0) is 13.4. The summed E-state index contributed by atoms with van der Waals surface area (Å²) in [5.41, 5.74) is 3.26. The van der Waals surface area contributed by atoms with Crippen LogP contribution in [-0.2, 0) is 0 Å². The lowest BCUT2D eigenvalue weighted by atomic mass is 10.1. The normalized spacial score (nSPS) is 16.1. The van der Waals surface area contributed by atoms with E-state index in [0.29, 0.717) is 0 Å². The lowest BCUT2D eigenvalue weighted by Crippen LogP contribution is -2.43. The second kappa shape index (κ2) is 5.27. The number of pyridine rings is 1. The summed E-state index contributed by atoms with van der Waals surface area (Å²) in [6, 6.07) is 4.03. The van der Waals surface area contributed by atoms with Crippen LogP contribution in [0.1, 0.15) is 5.56 Å². The first-order valence-corrected chi connectivity index (χ1v) is 7.54. The minimum atomic E-state index is 0.772. The summed E-state index contributed by atoms with van der Waals surface area (Å²) in [7, 11) is 0. The largest absolute Gasteiger partial charge is 0.367 e. The number of rotatable bonds is 1. The van der Waals surface area contributed by atoms with Crippen molar-refractivity contribution in [3.63, 3.8) is 0 Å². The molecule has 3 nitrogen and oxygen atoms in total. The van der Waals surface area contributed by atoms with Crippen LogP contribution in [0.4, 0.5) is 5.69 Å². The van der Waals surface area contributed by atoms with Crippen LogP contribution in [0.25, 0.3) is 10.9 Å². The monoisotopic (exact) mass is 339 g/mol. The lowest BCUT2D eigenvalue weighted by Gasteiger charge is -2.31. The van der Waals surface area contributed by atoms with Gasteiger partial charge in [0.15, 0.2) is 0 Å². The highest BCUT2D eigenvalue weighted by Crippen LogP contribution is 2.36. The zero-order valence-corrected chi connectivity index (χ0v) is 13.1. The second-order valence-corrected chi connectivity index (χ2v) is 6.02. The molecule has 100 valence electrons. The molecule has 2 heterocycles. The fraction of sp³-hybridized carbons (Fsp3) is 0.357. The quantitative estimate of drug-likeness (QED) is 0.863. The molecule has 1 fully saturated rings. The summed E-state index contributed by atoms with van der Waals surface area (Å²) in [6.07, 6.45) is 1.88. The van der Waals surface area contributed by atoms with Crippen molar-refractivity contribution in [1.29, 1.82) is 0 Å². The Morgan fingerprint density at radius 2 is 2.05 bits per heavy atom. The number of piperazine rings is 1. The fourth-order valence-corrected chi connectivity index (χ4v) is 3.27. The summed E-state index contributed by atoms with van der Waals surface area (Å²) in [6.45, 7) is 6.08. The Kier molecular flexibility index (Phi) is 3.65. The second-order valence-electron chi connectivity index (χ2n) is 4.76. The molecule has 1 saturated heterocycles. The van der Waals surface area contributed by atoms with Crippen LogP contribution < -0.4 is 10.2 Å². The van der Waals surface area contributed by atoms with Crippen molar-refractivity contribution in [2.45, 2.75) is 6.92 Å². The Morgan fingerprint density at radius 1 is 1.32 bits per heavy atom. The van der Waals surface area contributed by atoms with E-state index in [9.17, 15) is 0 Å². The number of aryl methyl sites for hydroxylation is 1. The van der Waals surface area contributed by atoms with Crippen molar-refractivity contribution in [2.24, 2.45) is 0 Å². The maximum Gasteiger partial charge on any atom is 0.0767 e. The molecule has 1 aliphatic heterocycles. The number of hydrogen-bond acceptors (Lipinski definition) is 3. The van der Waals surface area contributed by atoms with Crippen LogP contribution in [0.2, 0.25) is 5.02 Å². The van der Waals surface area contributed by atoms with E-state index in [2.05, 4.69) is 37.2 Å². The van der Waals surface area contributed by atoms with Gasteiger partial charge in [0.2, 0.25) is 0 Å². The molecule has 0 unspecified atom stereocenters. The van der Waals surface area contributed by atoms with Crippen molar-refractivity contribution in [2.75, 3.05) is 31.1 Å². The number of aromatic nitrogens is 1. The molecule has 0 amide bonds. The molecule has 2 aromatic rings. The molecular formula is C14H15BrClN3. The van der Waals surface area contributed by atoms with Gasteiger partial charge in [0, 0.05) is 42.8 Å². The minimum absolute atomic E-state index is 0.772. The van der Waals surface area contributed by atoms with Gasteiger partial charge in [-0.25, -0.2) is 0 Å². The van der Waals surface area contributed by atoms with Gasteiger partial charge in [0.25, 0.3) is 0 Å². The molecule has 0 bridgehead atoms. The molecule has 3 rings (SSSR count). The molecule has 19 heavy (non-hydrogen) atoms. The van der Waals surface area contributed by atoms with Gasteiger partial charge in [-0.1, -0.05) is 11.6 Å². The summed E-state index contributed by atoms with van der Waals surface area (Å²) < 4.78 is 1.05. The van der Waals surface area contributed by atoms with Crippen LogP contribution >= 0.6 is 27.5 Å². The van der Waals surface area contributed by atoms with Gasteiger partial charge in [-0.15, -0.1) is 0 Å². The average Bonchev–Trinajstić information content (AvgIpc) is 2.44. The highest BCUT2D eigenvalue weighted by atomic mass is 79.9. The number of nitrogens with one attached hydrogen (secondary N) is 1. The Labute approximate surface area is 126 Å². The van der Waals surface area contributed by atoms with E-state index in [-0.39, 0.29) is 0 Å². The average molecular weight is 341 g/mol. The highest BCUT2D eigenvalue weighted by molar-refractivity contribution is 9.10. The summed E-state index contributed by atoms with van der Waals surface area (Å²) >= 11 is 9.83. The van der Waals surface area contributed by atoms with Crippen LogP contribution in [0, 0.1) is 6.92 Å². The van der Waals surface area contributed by atoms with E-state index in [0.717, 1.165) is 52.1 Å². The Bertz CT molecular complexity index is 624. The standard InChI is InChI=1S/C14H15BrClN3/c1-9-12(16)3-2-10-13(9)18-8-11(15)14(10)19-6-4-17-5-7-19/h2-3,8,17H,4-7H2,1H3. The summed E-state index contributed by atoms with van der Waals surface area (Å²) in [5.74, 6) is 0. The van der Waals surface area contributed by atoms with Gasteiger partial charge in [-0.05, 0) is 40.5 Å². The topological polar surface area (TPSA) is 28.2 Å². The lowest BCUT2D eigenvalue weighted by molar-refractivity contribution is 0.589. The Balaban J connectivity index is 2.21. The number of halogens is 2. The predicted molar refractivity (Wildman–Crippen MR) is 84.3 cm³/mol. The predicted octanol–water partition coefficient (Wildman–Crippen LogP) is 3.37. The molecule has 0 spiro atoms. The van der Waals surface area contributed by atoms with E-state index in [4.69, 9.17) is 11.6 Å². The maximum absolute atomic E-state index is 6.19. The molecule has 1 aromatic carbocycles. The van der Waals surface area contributed by atoms with Crippen molar-refractivity contribution in [3.05, 3.63) is 33.4 Å². The molecule has 1 aromatic heterocycles. The molecule has 1 N–H and O–H groups in total. The van der Waals surface area contributed by atoms with Gasteiger partial charge in [0.1, 0.15) is 0 Å². The van der Waals surface area contributed by atoms with Gasteiger partial charge in [-0.2, -0.15) is 0 Å². The van der Waals surface area contributed by atoms with Crippen molar-refractivity contribution < 1.29 is 0 Å². The van der Waals surface area contributed by atoms with Gasteiger partial charge in [-0.3, -0.25) is 4.98 Å². The Hall–Kier alpha value is -0.840. The molecule has 0 aliphatic carbocycles. The maximum atomic E-state index is 6.19. The van der Waals surface area contributed by atoms with Crippen LogP contribution in [0.15, 0.2) is 22.8 Å². The number of hydrogen-bond donors (Lipinski definition) is 1. The van der Waals surface area contributed by atoms with Crippen LogP contribution in [-0.4, -0.2) is 31.2 Å². The zero-order valence-electron chi connectivity index (χ0n) is 10.7. The molecule has 0 saturated carbocycles. The molecule has 0 radical (unpaired) electrons. The van der Waals surface area contributed by atoms with Crippen LogP contribution in [0.3, 0.4) is 0 Å². The van der Waals surface area contributed by atoms with E-state index in [1.807, 2.05) is 19.2 Å². The van der Waals surface area contributed by atoms with Crippen molar-refractivity contribution in [3.8, 4) is 0 Å². The number of anilines is 1. The molecule has 5 heteroatoms. The summed E-state index contributed by atoms with van der Waals surface area (Å²) in [4.78, 5) is 6.92. The molecular weight excluding hydrogens is 326 g/mol. The smallest absolute Gasteiger partial charge is 0.0767 e. The summed E-state index contributed by atoms with van der Waals surface area (Å²) in [5, 5.41) is 5.32. The van der Waals surface area contributed by atoms with Gasteiger partial charge >= 0.3 is 0 Å². The Morgan fingerprint density at radius 3 is 2.79 bits per heavy atom. The van der Waals surface area contributed by atoms with E-state index in [1.54, 1.807) is 0 Å². The number of nitrogens with zero attached hydrogens (tertiary/aromatic N) is 2. The minimum Gasteiger partial charge on any atom is -0.367 e. The third-order valence-corrected chi connectivity index (χ3v) is 4.58. The van der Waals surface area contributed by atoms with E-state index >= 15 is 0 Å². The third kappa shape index (κ3) is 2.33. The number of benzene rings is 1. The molecule has 0 atom stereocenters. The van der Waals surface area contributed by atoms with Crippen LogP contribution in [0.5, 0.6) is 0 Å². The van der Waals surface area contributed by atoms with Gasteiger partial charge in [0.05, 0.1) is 15.7 Å². The number of fused-ring (bicyclic) bond motifs is 1. The van der Waals surface area contributed by atoms with Gasteiger partial charge < -0.3 is 10.2 Å². The first kappa shape index (κ1) is 13.2. The SMILES string of the molecule is Cc1c(Cl)ccc2c(N3CCNCC3)c(Br)cnc12. The fourth-order valence-electron chi connectivity index (χ4n) is 2.55.